The zero-order chi connectivity index (χ0) is 21.6. The van der Waals surface area contributed by atoms with Crippen LogP contribution in [0.1, 0.15) is 17.3 Å². The molecule has 1 amide bonds. The Morgan fingerprint density at radius 1 is 1.14 bits per heavy atom. The molecule has 154 valence electrons. The number of carbonyl (C=O) groups excluding carboxylic acids is 2. The second-order valence-corrected chi connectivity index (χ2v) is 5.55. The molecule has 0 spiro atoms. The van der Waals surface area contributed by atoms with Crippen LogP contribution >= 0.6 is 0 Å². The predicted molar refractivity (Wildman–Crippen MR) is 96.2 cm³/mol. The standard InChI is InChI=1S/C18H16F2N2O7/c1-10(28-17(24)12-5-3-4-6-14(12)29-18(19)20)16(23)21-13-9-11(22(25)26)7-8-15(13)27-2/h3-10,18H,1-2H3,(H,21,23)/t10-/m0/s1. The molecule has 0 aliphatic heterocycles. The van der Waals surface area contributed by atoms with Crippen molar-refractivity contribution < 1.29 is 37.5 Å². The molecule has 11 heteroatoms. The third kappa shape index (κ3) is 5.61. The van der Waals surface area contributed by atoms with E-state index in [9.17, 15) is 28.5 Å². The number of amides is 1. The number of carbonyl (C=O) groups is 2. The summed E-state index contributed by atoms with van der Waals surface area (Å²) in [5.41, 5.74) is -0.583. The summed E-state index contributed by atoms with van der Waals surface area (Å²) in [6.07, 6.45) is -1.36. The van der Waals surface area contributed by atoms with Gasteiger partial charge < -0.3 is 19.5 Å². The van der Waals surface area contributed by atoms with Gasteiger partial charge in [-0.25, -0.2) is 4.79 Å². The van der Waals surface area contributed by atoms with Crippen LogP contribution in [-0.2, 0) is 9.53 Å². The summed E-state index contributed by atoms with van der Waals surface area (Å²) in [5, 5.41) is 13.3. The molecule has 1 N–H and O–H groups in total. The number of ether oxygens (including phenoxy) is 3. The van der Waals surface area contributed by atoms with Crippen molar-refractivity contribution in [3.8, 4) is 11.5 Å². The third-order valence-electron chi connectivity index (χ3n) is 3.63. The first-order valence-electron chi connectivity index (χ1n) is 8.11. The minimum atomic E-state index is -3.15. The molecule has 0 aliphatic carbocycles. The number of hydrogen-bond acceptors (Lipinski definition) is 7. The number of methoxy groups -OCH3 is 1. The molecule has 0 unspecified atom stereocenters. The lowest BCUT2D eigenvalue weighted by Gasteiger charge is -2.16. The highest BCUT2D eigenvalue weighted by Crippen LogP contribution is 2.29. The van der Waals surface area contributed by atoms with Gasteiger partial charge in [0.2, 0.25) is 0 Å². The maximum atomic E-state index is 12.5. The Morgan fingerprint density at radius 2 is 1.83 bits per heavy atom. The fourth-order valence-electron chi connectivity index (χ4n) is 2.25. The number of nitro benzene ring substituents is 1. The van der Waals surface area contributed by atoms with Crippen molar-refractivity contribution in [1.29, 1.82) is 0 Å². The van der Waals surface area contributed by atoms with Gasteiger partial charge in [0, 0.05) is 12.1 Å². The Kier molecular flexibility index (Phi) is 7.01. The summed E-state index contributed by atoms with van der Waals surface area (Å²) in [7, 11) is 1.31. The number of benzene rings is 2. The number of rotatable bonds is 8. The molecule has 2 aromatic rings. The molecule has 9 nitrogen and oxygen atoms in total. The highest BCUT2D eigenvalue weighted by Gasteiger charge is 2.24. The summed E-state index contributed by atoms with van der Waals surface area (Å²) in [4.78, 5) is 34.8. The van der Waals surface area contributed by atoms with Crippen LogP contribution in [0.4, 0.5) is 20.2 Å². The maximum Gasteiger partial charge on any atom is 0.387 e. The molecule has 29 heavy (non-hydrogen) atoms. The molecule has 0 fully saturated rings. The van der Waals surface area contributed by atoms with Gasteiger partial charge in [-0.2, -0.15) is 8.78 Å². The second kappa shape index (κ2) is 9.44. The fraction of sp³-hybridized carbons (Fsp3) is 0.222. The Hall–Kier alpha value is -3.76. The molecule has 0 aromatic heterocycles. The van der Waals surface area contributed by atoms with Crippen LogP contribution in [0.5, 0.6) is 11.5 Å². The predicted octanol–water partition coefficient (Wildman–Crippen LogP) is 3.39. The van der Waals surface area contributed by atoms with Crippen LogP contribution in [0.25, 0.3) is 0 Å². The quantitative estimate of drug-likeness (QED) is 0.403. The number of nitro groups is 1. The van der Waals surface area contributed by atoms with Crippen molar-refractivity contribution in [3.63, 3.8) is 0 Å². The topological polar surface area (TPSA) is 117 Å². The first-order chi connectivity index (χ1) is 13.7. The number of non-ortho nitro benzene ring substituents is 1. The average Bonchev–Trinajstić information content (AvgIpc) is 2.67. The fourth-order valence-corrected chi connectivity index (χ4v) is 2.25. The Balaban J connectivity index is 2.13. The van der Waals surface area contributed by atoms with Crippen molar-refractivity contribution in [2.45, 2.75) is 19.6 Å². The van der Waals surface area contributed by atoms with Crippen molar-refractivity contribution in [2.24, 2.45) is 0 Å². The van der Waals surface area contributed by atoms with E-state index in [0.29, 0.717) is 0 Å². The van der Waals surface area contributed by atoms with E-state index in [1.54, 1.807) is 0 Å². The van der Waals surface area contributed by atoms with Crippen LogP contribution in [0.3, 0.4) is 0 Å². The van der Waals surface area contributed by atoms with Crippen molar-refractivity contribution in [1.82, 2.24) is 0 Å². The summed E-state index contributed by atoms with van der Waals surface area (Å²) >= 11 is 0. The van der Waals surface area contributed by atoms with Crippen molar-refractivity contribution in [3.05, 3.63) is 58.1 Å². The van der Waals surface area contributed by atoms with E-state index in [-0.39, 0.29) is 22.7 Å². The molecule has 2 rings (SSSR count). The number of nitrogens with zero attached hydrogens (tertiary/aromatic N) is 1. The molecule has 0 saturated heterocycles. The van der Waals surface area contributed by atoms with Gasteiger partial charge in [0.25, 0.3) is 11.6 Å². The van der Waals surface area contributed by atoms with Gasteiger partial charge in [-0.1, -0.05) is 12.1 Å². The first-order valence-corrected chi connectivity index (χ1v) is 8.11. The van der Waals surface area contributed by atoms with Crippen LogP contribution in [0, 0.1) is 10.1 Å². The smallest absolute Gasteiger partial charge is 0.387 e. The van der Waals surface area contributed by atoms with E-state index < -0.39 is 35.3 Å². The van der Waals surface area contributed by atoms with E-state index in [0.717, 1.165) is 12.1 Å². The summed E-state index contributed by atoms with van der Waals surface area (Å²) in [6.45, 7) is -1.90. The Labute approximate surface area is 163 Å². The van der Waals surface area contributed by atoms with Crippen LogP contribution in [0.15, 0.2) is 42.5 Å². The molecule has 1 atom stereocenters. The Bertz CT molecular complexity index is 921. The van der Waals surface area contributed by atoms with E-state index >= 15 is 0 Å². The average molecular weight is 410 g/mol. The molecular weight excluding hydrogens is 394 g/mol. The van der Waals surface area contributed by atoms with Gasteiger partial charge in [0.1, 0.15) is 17.1 Å². The molecule has 2 aromatic carbocycles. The van der Waals surface area contributed by atoms with Gasteiger partial charge in [-0.3, -0.25) is 14.9 Å². The number of nitrogens with one attached hydrogen (secondary N) is 1. The molecule has 0 saturated carbocycles. The maximum absolute atomic E-state index is 12.5. The minimum absolute atomic E-state index is 0.00367. The number of halogens is 2. The number of alkyl halides is 2. The zero-order valence-corrected chi connectivity index (χ0v) is 15.3. The highest BCUT2D eigenvalue weighted by molar-refractivity contribution is 5.99. The lowest BCUT2D eigenvalue weighted by molar-refractivity contribution is -0.384. The second-order valence-electron chi connectivity index (χ2n) is 5.55. The number of esters is 1. The van der Waals surface area contributed by atoms with E-state index in [4.69, 9.17) is 9.47 Å². The highest BCUT2D eigenvalue weighted by atomic mass is 19.3. The van der Waals surface area contributed by atoms with Crippen LogP contribution < -0.4 is 14.8 Å². The Morgan fingerprint density at radius 3 is 2.45 bits per heavy atom. The lowest BCUT2D eigenvalue weighted by atomic mass is 10.2. The summed E-state index contributed by atoms with van der Waals surface area (Å²) in [6, 6.07) is 8.72. The number of para-hydroxylation sites is 1. The molecule has 0 bridgehead atoms. The largest absolute Gasteiger partial charge is 0.495 e. The van der Waals surface area contributed by atoms with Gasteiger partial charge >= 0.3 is 12.6 Å². The number of anilines is 1. The van der Waals surface area contributed by atoms with E-state index in [1.165, 1.54) is 44.4 Å². The molecule has 0 radical (unpaired) electrons. The monoisotopic (exact) mass is 410 g/mol. The molecule has 0 heterocycles. The van der Waals surface area contributed by atoms with Crippen molar-refractivity contribution in [2.75, 3.05) is 12.4 Å². The zero-order valence-electron chi connectivity index (χ0n) is 15.3. The van der Waals surface area contributed by atoms with Gasteiger partial charge in [0.15, 0.2) is 6.10 Å². The normalized spacial score (nSPS) is 11.5. The first kappa shape index (κ1) is 21.5. The van der Waals surface area contributed by atoms with E-state index in [2.05, 4.69) is 10.1 Å². The SMILES string of the molecule is COc1ccc([N+](=O)[O-])cc1NC(=O)[C@H](C)OC(=O)c1ccccc1OC(F)F. The van der Waals surface area contributed by atoms with Crippen molar-refractivity contribution >= 4 is 23.3 Å². The van der Waals surface area contributed by atoms with E-state index in [1.807, 2.05) is 0 Å². The minimum Gasteiger partial charge on any atom is -0.495 e. The van der Waals surface area contributed by atoms with Gasteiger partial charge in [-0.05, 0) is 25.1 Å². The van der Waals surface area contributed by atoms with Crippen LogP contribution in [0.2, 0.25) is 0 Å². The van der Waals surface area contributed by atoms with Crippen LogP contribution in [-0.4, -0.2) is 36.6 Å². The van der Waals surface area contributed by atoms with Gasteiger partial charge in [0.05, 0.1) is 17.7 Å². The summed E-state index contributed by atoms with van der Waals surface area (Å²) in [5.74, 6) is -2.13. The third-order valence-corrected chi connectivity index (χ3v) is 3.63. The lowest BCUT2D eigenvalue weighted by Crippen LogP contribution is -2.30. The van der Waals surface area contributed by atoms with Gasteiger partial charge in [-0.15, -0.1) is 0 Å². The number of hydrogen-bond donors (Lipinski definition) is 1. The molecule has 0 aliphatic rings. The summed E-state index contributed by atoms with van der Waals surface area (Å²) < 4.78 is 39.2. The molecular formula is C18H16F2N2O7.